The van der Waals surface area contributed by atoms with Gasteiger partial charge in [-0.3, -0.25) is 9.89 Å². The molecule has 2 N–H and O–H groups in total. The number of aliphatic imine (C=N–C) groups is 1. The number of pyridine rings is 1. The second kappa shape index (κ2) is 12.9. The first kappa shape index (κ1) is 23.0. The summed E-state index contributed by atoms with van der Waals surface area (Å²) in [5.74, 6) is 1.34. The van der Waals surface area contributed by atoms with Gasteiger partial charge in [-0.05, 0) is 17.2 Å². The van der Waals surface area contributed by atoms with E-state index in [4.69, 9.17) is 14.2 Å². The number of rotatable bonds is 10. The fraction of sp³-hybridized carbons (Fsp3) is 0.478. The predicted molar refractivity (Wildman–Crippen MR) is 121 cm³/mol. The van der Waals surface area contributed by atoms with Crippen molar-refractivity contribution in [1.82, 2.24) is 20.5 Å². The molecule has 1 aliphatic rings. The highest BCUT2D eigenvalue weighted by Gasteiger charge is 2.13. The standard InChI is InChI=1S/C23H33N5O3/c1-24-23(27-17-20-8-5-9-25-22(20)31-15-14-29-2)26-16-19-6-3-4-7-21(19)18-28-10-12-30-13-11-28/h3-9H,10-18H2,1-2H3,(H2,24,26,27). The zero-order chi connectivity index (χ0) is 21.7. The summed E-state index contributed by atoms with van der Waals surface area (Å²) in [5, 5.41) is 6.77. The second-order valence-electron chi connectivity index (χ2n) is 7.25. The van der Waals surface area contributed by atoms with E-state index in [1.165, 1.54) is 11.1 Å². The maximum Gasteiger partial charge on any atom is 0.218 e. The molecule has 2 aromatic rings. The van der Waals surface area contributed by atoms with Gasteiger partial charge in [0.05, 0.1) is 19.8 Å². The molecule has 3 rings (SSSR count). The molecule has 0 radical (unpaired) electrons. The van der Waals surface area contributed by atoms with Crippen molar-refractivity contribution in [3.05, 3.63) is 59.3 Å². The highest BCUT2D eigenvalue weighted by Crippen LogP contribution is 2.15. The number of hydrogen-bond acceptors (Lipinski definition) is 6. The summed E-state index contributed by atoms with van der Waals surface area (Å²) in [6.45, 7) is 6.76. The maximum atomic E-state index is 5.71. The first-order chi connectivity index (χ1) is 15.3. The Kier molecular flexibility index (Phi) is 9.56. The minimum Gasteiger partial charge on any atom is -0.475 e. The predicted octanol–water partition coefficient (Wildman–Crippen LogP) is 1.80. The van der Waals surface area contributed by atoms with Crippen LogP contribution in [-0.4, -0.2) is 69.5 Å². The molecule has 2 heterocycles. The van der Waals surface area contributed by atoms with Gasteiger partial charge in [0.1, 0.15) is 6.61 Å². The molecule has 1 fully saturated rings. The molecule has 0 spiro atoms. The van der Waals surface area contributed by atoms with Crippen molar-refractivity contribution in [3.8, 4) is 5.88 Å². The lowest BCUT2D eigenvalue weighted by Crippen LogP contribution is -2.37. The number of benzene rings is 1. The SMILES string of the molecule is CN=C(NCc1ccccc1CN1CCOCC1)NCc1cccnc1OCCOC. The summed E-state index contributed by atoms with van der Waals surface area (Å²) in [6.07, 6.45) is 1.73. The fourth-order valence-electron chi connectivity index (χ4n) is 3.37. The van der Waals surface area contributed by atoms with Crippen LogP contribution >= 0.6 is 0 Å². The van der Waals surface area contributed by atoms with Crippen molar-refractivity contribution in [2.75, 3.05) is 53.7 Å². The Morgan fingerprint density at radius 3 is 2.48 bits per heavy atom. The summed E-state index contributed by atoms with van der Waals surface area (Å²) in [6, 6.07) is 12.4. The molecule has 1 aromatic heterocycles. The molecule has 8 heteroatoms. The maximum absolute atomic E-state index is 5.71. The van der Waals surface area contributed by atoms with E-state index < -0.39 is 0 Å². The lowest BCUT2D eigenvalue weighted by Gasteiger charge is -2.27. The van der Waals surface area contributed by atoms with Gasteiger partial charge in [-0.25, -0.2) is 4.98 Å². The largest absolute Gasteiger partial charge is 0.475 e. The van der Waals surface area contributed by atoms with E-state index >= 15 is 0 Å². The Morgan fingerprint density at radius 1 is 1.03 bits per heavy atom. The van der Waals surface area contributed by atoms with E-state index in [-0.39, 0.29) is 0 Å². The molecular weight excluding hydrogens is 394 g/mol. The lowest BCUT2D eigenvalue weighted by atomic mass is 10.1. The van der Waals surface area contributed by atoms with Crippen molar-refractivity contribution in [1.29, 1.82) is 0 Å². The number of ether oxygens (including phenoxy) is 3. The molecule has 0 bridgehead atoms. The molecule has 1 aromatic carbocycles. The van der Waals surface area contributed by atoms with Crippen LogP contribution in [0.3, 0.4) is 0 Å². The van der Waals surface area contributed by atoms with Crippen LogP contribution in [0.15, 0.2) is 47.6 Å². The molecule has 0 atom stereocenters. The first-order valence-electron chi connectivity index (χ1n) is 10.7. The summed E-state index contributed by atoms with van der Waals surface area (Å²) in [4.78, 5) is 11.1. The van der Waals surface area contributed by atoms with Crippen LogP contribution in [0, 0.1) is 0 Å². The van der Waals surface area contributed by atoms with E-state index in [2.05, 4.69) is 49.8 Å². The van der Waals surface area contributed by atoms with E-state index in [0.717, 1.165) is 44.4 Å². The van der Waals surface area contributed by atoms with Gasteiger partial charge >= 0.3 is 0 Å². The Bertz CT molecular complexity index is 824. The van der Waals surface area contributed by atoms with Gasteiger partial charge in [0, 0.05) is 58.6 Å². The third-order valence-corrected chi connectivity index (χ3v) is 5.11. The Labute approximate surface area is 184 Å². The molecule has 0 aliphatic carbocycles. The Balaban J connectivity index is 1.53. The summed E-state index contributed by atoms with van der Waals surface area (Å²) < 4.78 is 16.2. The summed E-state index contributed by atoms with van der Waals surface area (Å²) >= 11 is 0. The quantitative estimate of drug-likeness (QED) is 0.340. The van der Waals surface area contributed by atoms with E-state index in [1.807, 2.05) is 12.1 Å². The Hall–Kier alpha value is -2.68. The highest BCUT2D eigenvalue weighted by atomic mass is 16.5. The van der Waals surface area contributed by atoms with Crippen molar-refractivity contribution < 1.29 is 14.2 Å². The number of guanidine groups is 1. The average Bonchev–Trinajstić information content (AvgIpc) is 2.82. The molecule has 8 nitrogen and oxygen atoms in total. The third-order valence-electron chi connectivity index (χ3n) is 5.11. The monoisotopic (exact) mass is 427 g/mol. The lowest BCUT2D eigenvalue weighted by molar-refractivity contribution is 0.0341. The van der Waals surface area contributed by atoms with Crippen molar-refractivity contribution in [3.63, 3.8) is 0 Å². The fourth-order valence-corrected chi connectivity index (χ4v) is 3.37. The van der Waals surface area contributed by atoms with E-state index in [1.54, 1.807) is 20.4 Å². The van der Waals surface area contributed by atoms with Gasteiger partial charge in [-0.15, -0.1) is 0 Å². The van der Waals surface area contributed by atoms with Gasteiger partial charge in [0.2, 0.25) is 5.88 Å². The van der Waals surface area contributed by atoms with Gasteiger partial charge < -0.3 is 24.8 Å². The summed E-state index contributed by atoms with van der Waals surface area (Å²) in [5.41, 5.74) is 3.56. The highest BCUT2D eigenvalue weighted by molar-refractivity contribution is 5.79. The Morgan fingerprint density at radius 2 is 1.74 bits per heavy atom. The van der Waals surface area contributed by atoms with Crippen LogP contribution < -0.4 is 15.4 Å². The van der Waals surface area contributed by atoms with Crippen molar-refractivity contribution >= 4 is 5.96 Å². The molecule has 0 unspecified atom stereocenters. The van der Waals surface area contributed by atoms with Crippen LogP contribution in [0.1, 0.15) is 16.7 Å². The number of nitrogens with one attached hydrogen (secondary N) is 2. The van der Waals surface area contributed by atoms with Crippen LogP contribution in [-0.2, 0) is 29.1 Å². The molecule has 31 heavy (non-hydrogen) atoms. The van der Waals surface area contributed by atoms with Crippen LogP contribution in [0.2, 0.25) is 0 Å². The van der Waals surface area contributed by atoms with Gasteiger partial charge in [0.25, 0.3) is 0 Å². The molecule has 1 aliphatic heterocycles. The van der Waals surface area contributed by atoms with Gasteiger partial charge in [-0.2, -0.15) is 0 Å². The topological polar surface area (TPSA) is 80.2 Å². The number of hydrogen-bond donors (Lipinski definition) is 2. The van der Waals surface area contributed by atoms with Crippen molar-refractivity contribution in [2.45, 2.75) is 19.6 Å². The van der Waals surface area contributed by atoms with Crippen LogP contribution in [0.4, 0.5) is 0 Å². The van der Waals surface area contributed by atoms with Gasteiger partial charge in [0.15, 0.2) is 5.96 Å². The normalized spacial score (nSPS) is 15.0. The van der Waals surface area contributed by atoms with E-state index in [0.29, 0.717) is 32.2 Å². The van der Waals surface area contributed by atoms with Crippen LogP contribution in [0.25, 0.3) is 0 Å². The molecule has 0 amide bonds. The smallest absolute Gasteiger partial charge is 0.218 e. The molecular formula is C23H33N5O3. The summed E-state index contributed by atoms with van der Waals surface area (Å²) in [7, 11) is 3.42. The minimum absolute atomic E-state index is 0.466. The van der Waals surface area contributed by atoms with Crippen LogP contribution in [0.5, 0.6) is 5.88 Å². The number of methoxy groups -OCH3 is 1. The zero-order valence-corrected chi connectivity index (χ0v) is 18.5. The molecule has 1 saturated heterocycles. The minimum atomic E-state index is 0.466. The third kappa shape index (κ3) is 7.50. The average molecular weight is 428 g/mol. The molecule has 168 valence electrons. The second-order valence-corrected chi connectivity index (χ2v) is 7.25. The number of nitrogens with zero attached hydrogens (tertiary/aromatic N) is 3. The molecule has 0 saturated carbocycles. The van der Waals surface area contributed by atoms with Crippen molar-refractivity contribution in [2.24, 2.45) is 4.99 Å². The number of aromatic nitrogens is 1. The number of morpholine rings is 1. The zero-order valence-electron chi connectivity index (χ0n) is 18.5. The van der Waals surface area contributed by atoms with Gasteiger partial charge in [-0.1, -0.05) is 30.3 Å². The first-order valence-corrected chi connectivity index (χ1v) is 10.7. The van der Waals surface area contributed by atoms with E-state index in [9.17, 15) is 0 Å².